The first-order valence-electron chi connectivity index (χ1n) is 11.9. The molecule has 1 saturated carbocycles. The van der Waals surface area contributed by atoms with Crippen LogP contribution in [0.15, 0.2) is 60.7 Å². The van der Waals surface area contributed by atoms with Gasteiger partial charge >= 0.3 is 6.09 Å². The number of amides is 2. The second-order valence-corrected chi connectivity index (χ2v) is 8.66. The second-order valence-electron chi connectivity index (χ2n) is 8.66. The lowest BCUT2D eigenvalue weighted by molar-refractivity contribution is -0.0489. The number of fused-ring (bicyclic) bond motifs is 1. The van der Waals surface area contributed by atoms with E-state index in [0.717, 1.165) is 41.6 Å². The Morgan fingerprint density at radius 1 is 1.08 bits per heavy atom. The van der Waals surface area contributed by atoms with E-state index in [1.54, 1.807) is 17.6 Å². The van der Waals surface area contributed by atoms with Gasteiger partial charge in [-0.2, -0.15) is 5.10 Å². The van der Waals surface area contributed by atoms with Crippen molar-refractivity contribution in [1.29, 1.82) is 0 Å². The molecule has 0 bridgehead atoms. The number of nitrogens with zero attached hydrogens (tertiary/aromatic N) is 3. The van der Waals surface area contributed by atoms with Gasteiger partial charge in [-0.25, -0.2) is 14.3 Å². The fourth-order valence-corrected chi connectivity index (χ4v) is 4.62. The third-order valence-corrected chi connectivity index (χ3v) is 6.50. The van der Waals surface area contributed by atoms with Crippen LogP contribution in [0.1, 0.15) is 42.2 Å². The van der Waals surface area contributed by atoms with Crippen molar-refractivity contribution in [2.24, 2.45) is 5.73 Å². The largest absolute Gasteiger partial charge is 0.490 e. The van der Waals surface area contributed by atoms with E-state index in [2.05, 4.69) is 10.4 Å². The number of hydrogen-bond acceptors (Lipinski definition) is 6. The fourth-order valence-electron chi connectivity index (χ4n) is 4.62. The molecule has 0 atom stereocenters. The Hall–Kier alpha value is -4.40. The van der Waals surface area contributed by atoms with Crippen LogP contribution in [-0.2, 0) is 10.3 Å². The molecule has 4 aromatic rings. The minimum absolute atomic E-state index is 0.223. The first kappa shape index (κ1) is 23.3. The quantitative estimate of drug-likeness (QED) is 0.403. The number of rotatable bonds is 7. The molecule has 5 rings (SSSR count). The summed E-state index contributed by atoms with van der Waals surface area (Å²) in [6, 6.07) is 19.2. The van der Waals surface area contributed by atoms with E-state index in [4.69, 9.17) is 20.2 Å². The van der Waals surface area contributed by atoms with Crippen LogP contribution in [0, 0.1) is 0 Å². The Morgan fingerprint density at radius 3 is 2.39 bits per heavy atom. The van der Waals surface area contributed by atoms with Gasteiger partial charge in [0.1, 0.15) is 11.3 Å². The van der Waals surface area contributed by atoms with E-state index in [1.807, 2.05) is 61.5 Å². The Balaban J connectivity index is 1.69. The van der Waals surface area contributed by atoms with Gasteiger partial charge in [0, 0.05) is 24.2 Å². The maximum atomic E-state index is 12.5. The second kappa shape index (κ2) is 9.33. The Kier molecular flexibility index (Phi) is 6.05. The number of imidazole rings is 1. The molecule has 2 aromatic heterocycles. The third-order valence-electron chi connectivity index (χ3n) is 6.50. The van der Waals surface area contributed by atoms with Gasteiger partial charge in [0.15, 0.2) is 17.1 Å². The molecule has 9 nitrogen and oxygen atoms in total. The highest BCUT2D eigenvalue weighted by Crippen LogP contribution is 2.45. The molecule has 1 aliphatic carbocycles. The SMILES string of the molecule is CCOc1cc(C(=O)NC)nn2c(-c3ccccc3)c(-c3ccc(C4(OC(N)=O)CCC4)cc3)nc12. The fraction of sp³-hybridized carbons (Fsp3) is 0.259. The Labute approximate surface area is 208 Å². The first-order chi connectivity index (χ1) is 17.5. The minimum atomic E-state index is -0.771. The van der Waals surface area contributed by atoms with Gasteiger partial charge in [0.2, 0.25) is 0 Å². The molecule has 3 N–H and O–H groups in total. The molecular weight excluding hydrogens is 458 g/mol. The van der Waals surface area contributed by atoms with Crippen molar-refractivity contribution in [2.75, 3.05) is 13.7 Å². The van der Waals surface area contributed by atoms with Crippen LogP contribution < -0.4 is 15.8 Å². The number of aromatic nitrogens is 3. The van der Waals surface area contributed by atoms with Gasteiger partial charge in [0.05, 0.1) is 12.3 Å². The molecule has 0 aliphatic heterocycles. The summed E-state index contributed by atoms with van der Waals surface area (Å²) in [5, 5.41) is 7.24. The van der Waals surface area contributed by atoms with E-state index in [9.17, 15) is 9.59 Å². The van der Waals surface area contributed by atoms with E-state index >= 15 is 0 Å². The predicted octanol–water partition coefficient (Wildman–Crippen LogP) is 4.30. The zero-order valence-electron chi connectivity index (χ0n) is 20.2. The van der Waals surface area contributed by atoms with E-state index in [-0.39, 0.29) is 11.6 Å². The van der Waals surface area contributed by atoms with Crippen molar-refractivity contribution in [3.63, 3.8) is 0 Å². The number of benzene rings is 2. The zero-order valence-corrected chi connectivity index (χ0v) is 20.2. The molecule has 184 valence electrons. The highest BCUT2D eigenvalue weighted by atomic mass is 16.6. The maximum Gasteiger partial charge on any atom is 0.405 e. The molecule has 2 heterocycles. The van der Waals surface area contributed by atoms with Gasteiger partial charge in [-0.1, -0.05) is 54.6 Å². The minimum Gasteiger partial charge on any atom is -0.490 e. The monoisotopic (exact) mass is 485 g/mol. The van der Waals surface area contributed by atoms with Crippen LogP contribution in [0.25, 0.3) is 28.2 Å². The summed E-state index contributed by atoms with van der Waals surface area (Å²) in [7, 11) is 1.56. The number of carbonyl (C=O) groups is 2. The number of ether oxygens (including phenoxy) is 2. The standard InChI is InChI=1S/C27H27N5O4/c1-3-35-21-16-20(25(33)29-2)31-32-23(18-8-5-4-6-9-18)22(30-24(21)32)17-10-12-19(13-11-17)27(14-7-15-27)36-26(28)34/h4-6,8-13,16H,3,7,14-15H2,1-2H3,(H2,28,34)(H,29,33). The molecule has 36 heavy (non-hydrogen) atoms. The summed E-state index contributed by atoms with van der Waals surface area (Å²) >= 11 is 0. The summed E-state index contributed by atoms with van der Waals surface area (Å²) in [4.78, 5) is 28.9. The molecule has 0 radical (unpaired) electrons. The van der Waals surface area contributed by atoms with Gasteiger partial charge in [-0.05, 0) is 31.7 Å². The molecule has 0 spiro atoms. The summed E-state index contributed by atoms with van der Waals surface area (Å²) < 4.78 is 13.0. The van der Waals surface area contributed by atoms with Crippen LogP contribution in [0.4, 0.5) is 4.79 Å². The van der Waals surface area contributed by atoms with Gasteiger partial charge in [-0.3, -0.25) is 4.79 Å². The smallest absolute Gasteiger partial charge is 0.405 e. The van der Waals surface area contributed by atoms with Crippen LogP contribution in [-0.4, -0.2) is 40.3 Å². The molecule has 2 amide bonds. The number of hydrogen-bond donors (Lipinski definition) is 2. The highest BCUT2D eigenvalue weighted by Gasteiger charge is 2.42. The molecule has 9 heteroatoms. The van der Waals surface area contributed by atoms with Gasteiger partial charge in [0.25, 0.3) is 5.91 Å². The average Bonchev–Trinajstić information content (AvgIpc) is 3.26. The summed E-state index contributed by atoms with van der Waals surface area (Å²) in [5.74, 6) is 0.145. The number of primary amides is 1. The van der Waals surface area contributed by atoms with Crippen LogP contribution in [0.5, 0.6) is 5.75 Å². The van der Waals surface area contributed by atoms with Gasteiger partial charge in [-0.15, -0.1) is 0 Å². The normalized spacial score (nSPS) is 14.2. The van der Waals surface area contributed by atoms with Crippen molar-refractivity contribution >= 4 is 17.6 Å². The van der Waals surface area contributed by atoms with Crippen LogP contribution >= 0.6 is 0 Å². The first-order valence-corrected chi connectivity index (χ1v) is 11.9. The van der Waals surface area contributed by atoms with Crippen molar-refractivity contribution < 1.29 is 19.1 Å². The molecule has 1 aliphatic rings. The predicted molar refractivity (Wildman–Crippen MR) is 135 cm³/mol. The van der Waals surface area contributed by atoms with Crippen LogP contribution in [0.3, 0.4) is 0 Å². The average molecular weight is 486 g/mol. The van der Waals surface area contributed by atoms with Crippen molar-refractivity contribution in [3.8, 4) is 28.3 Å². The lowest BCUT2D eigenvalue weighted by Crippen LogP contribution is -2.40. The Bertz CT molecular complexity index is 1430. The summed E-state index contributed by atoms with van der Waals surface area (Å²) in [6.07, 6.45) is 1.68. The van der Waals surface area contributed by atoms with Crippen molar-refractivity contribution in [1.82, 2.24) is 19.9 Å². The molecule has 1 fully saturated rings. The van der Waals surface area contributed by atoms with E-state index < -0.39 is 11.7 Å². The van der Waals surface area contributed by atoms with E-state index in [0.29, 0.717) is 23.7 Å². The molecular formula is C27H27N5O4. The number of carbonyl (C=O) groups excluding carboxylic acids is 2. The molecule has 2 aromatic carbocycles. The van der Waals surface area contributed by atoms with E-state index in [1.165, 1.54) is 0 Å². The third kappa shape index (κ3) is 4.02. The van der Waals surface area contributed by atoms with Crippen molar-refractivity contribution in [3.05, 3.63) is 71.9 Å². The topological polar surface area (TPSA) is 121 Å². The Morgan fingerprint density at radius 2 is 1.81 bits per heavy atom. The van der Waals surface area contributed by atoms with Gasteiger partial charge < -0.3 is 20.5 Å². The van der Waals surface area contributed by atoms with Crippen molar-refractivity contribution in [2.45, 2.75) is 31.8 Å². The zero-order chi connectivity index (χ0) is 25.3. The molecule has 0 unspecified atom stereocenters. The maximum absolute atomic E-state index is 12.5. The summed E-state index contributed by atoms with van der Waals surface area (Å²) in [5.41, 5.74) is 9.46. The highest BCUT2D eigenvalue weighted by molar-refractivity contribution is 5.93. The lowest BCUT2D eigenvalue weighted by Gasteiger charge is -2.40. The summed E-state index contributed by atoms with van der Waals surface area (Å²) in [6.45, 7) is 2.29. The number of nitrogens with two attached hydrogens (primary N) is 1. The number of nitrogens with one attached hydrogen (secondary N) is 1. The van der Waals surface area contributed by atoms with Crippen LogP contribution in [0.2, 0.25) is 0 Å². The molecule has 0 saturated heterocycles. The lowest BCUT2D eigenvalue weighted by atomic mass is 9.74.